The van der Waals surface area contributed by atoms with Gasteiger partial charge in [-0.3, -0.25) is 4.98 Å². The second-order valence-electron chi connectivity index (χ2n) is 7.18. The lowest BCUT2D eigenvalue weighted by atomic mass is 9.56. The Kier molecular flexibility index (Phi) is 3.97. The molecule has 124 valence electrons. The van der Waals surface area contributed by atoms with E-state index in [9.17, 15) is 4.79 Å². The Bertz CT molecular complexity index is 553. The first kappa shape index (κ1) is 14.9. The van der Waals surface area contributed by atoms with Gasteiger partial charge in [-0.1, -0.05) is 6.42 Å². The first-order valence-electron chi connectivity index (χ1n) is 8.83. The van der Waals surface area contributed by atoms with Crippen LogP contribution in [-0.4, -0.2) is 47.8 Å². The summed E-state index contributed by atoms with van der Waals surface area (Å²) < 4.78 is 5.91. The quantitative estimate of drug-likeness (QED) is 0.928. The molecule has 1 N–H and O–H groups in total. The highest BCUT2D eigenvalue weighted by Crippen LogP contribution is 2.55. The van der Waals surface area contributed by atoms with Crippen LogP contribution < -0.4 is 5.32 Å². The van der Waals surface area contributed by atoms with E-state index in [1.807, 2.05) is 17.0 Å². The summed E-state index contributed by atoms with van der Waals surface area (Å²) in [7, 11) is 0. The highest BCUT2D eigenvalue weighted by molar-refractivity contribution is 5.76. The lowest BCUT2D eigenvalue weighted by Crippen LogP contribution is -2.73. The molecule has 2 saturated heterocycles. The van der Waals surface area contributed by atoms with Crippen LogP contribution in [0.3, 0.4) is 0 Å². The molecular weight excluding hydrogens is 290 g/mol. The topological polar surface area (TPSA) is 54.5 Å². The minimum Gasteiger partial charge on any atom is -0.376 e. The number of carbonyl (C=O) groups is 1. The second-order valence-corrected chi connectivity index (χ2v) is 7.18. The Morgan fingerprint density at radius 1 is 1.35 bits per heavy atom. The SMILES string of the molecule is O=C(NCCc1ccncc1)N1CC2(CCC2)[C@H]1[C@H]1CCCO1. The number of pyridine rings is 1. The van der Waals surface area contributed by atoms with Crippen LogP contribution in [0.5, 0.6) is 0 Å². The summed E-state index contributed by atoms with van der Waals surface area (Å²) in [5, 5.41) is 3.08. The van der Waals surface area contributed by atoms with E-state index in [0.29, 0.717) is 18.0 Å². The van der Waals surface area contributed by atoms with Crippen molar-refractivity contribution in [1.29, 1.82) is 0 Å². The van der Waals surface area contributed by atoms with Crippen LogP contribution in [0.4, 0.5) is 4.79 Å². The molecule has 2 atom stereocenters. The molecule has 1 aliphatic carbocycles. The Balaban J connectivity index is 1.32. The molecule has 0 unspecified atom stereocenters. The van der Waals surface area contributed by atoms with Gasteiger partial charge in [0, 0.05) is 37.5 Å². The van der Waals surface area contributed by atoms with Crippen molar-refractivity contribution in [3.05, 3.63) is 30.1 Å². The molecule has 2 aliphatic heterocycles. The van der Waals surface area contributed by atoms with Crippen LogP contribution in [0.15, 0.2) is 24.5 Å². The van der Waals surface area contributed by atoms with Crippen LogP contribution in [0.25, 0.3) is 0 Å². The van der Waals surface area contributed by atoms with Crippen molar-refractivity contribution in [3.63, 3.8) is 0 Å². The molecule has 3 aliphatic rings. The summed E-state index contributed by atoms with van der Waals surface area (Å²) in [6, 6.07) is 4.37. The van der Waals surface area contributed by atoms with Crippen molar-refractivity contribution in [2.75, 3.05) is 19.7 Å². The van der Waals surface area contributed by atoms with Gasteiger partial charge < -0.3 is 15.0 Å². The Labute approximate surface area is 137 Å². The summed E-state index contributed by atoms with van der Waals surface area (Å²) in [6.07, 6.45) is 10.8. The molecule has 0 aromatic carbocycles. The van der Waals surface area contributed by atoms with Crippen molar-refractivity contribution in [1.82, 2.24) is 15.2 Å². The van der Waals surface area contributed by atoms with Gasteiger partial charge in [0.1, 0.15) is 0 Å². The van der Waals surface area contributed by atoms with Gasteiger partial charge in [-0.15, -0.1) is 0 Å². The summed E-state index contributed by atoms with van der Waals surface area (Å²) in [4.78, 5) is 18.6. The molecular formula is C18H25N3O2. The van der Waals surface area contributed by atoms with E-state index in [4.69, 9.17) is 4.74 Å². The number of nitrogens with one attached hydrogen (secondary N) is 1. The number of rotatable bonds is 4. The van der Waals surface area contributed by atoms with Crippen LogP contribution in [0.1, 0.15) is 37.7 Å². The summed E-state index contributed by atoms with van der Waals surface area (Å²) in [6.45, 7) is 2.44. The number of hydrogen-bond acceptors (Lipinski definition) is 3. The van der Waals surface area contributed by atoms with Crippen molar-refractivity contribution < 1.29 is 9.53 Å². The molecule has 1 aromatic rings. The Morgan fingerprint density at radius 3 is 2.83 bits per heavy atom. The fourth-order valence-corrected chi connectivity index (χ4v) is 4.44. The molecule has 3 heterocycles. The highest BCUT2D eigenvalue weighted by atomic mass is 16.5. The zero-order valence-electron chi connectivity index (χ0n) is 13.5. The second kappa shape index (κ2) is 6.11. The first-order valence-corrected chi connectivity index (χ1v) is 8.83. The van der Waals surface area contributed by atoms with Gasteiger partial charge in [-0.2, -0.15) is 0 Å². The molecule has 0 bridgehead atoms. The lowest BCUT2D eigenvalue weighted by Gasteiger charge is -2.63. The summed E-state index contributed by atoms with van der Waals surface area (Å²) in [5.41, 5.74) is 1.58. The average molecular weight is 315 g/mol. The maximum Gasteiger partial charge on any atom is 0.317 e. The van der Waals surface area contributed by atoms with E-state index < -0.39 is 0 Å². The average Bonchev–Trinajstić information content (AvgIpc) is 2.99. The van der Waals surface area contributed by atoms with E-state index in [-0.39, 0.29) is 12.1 Å². The number of aromatic nitrogens is 1. The van der Waals surface area contributed by atoms with Crippen molar-refractivity contribution in [2.24, 2.45) is 5.41 Å². The first-order chi connectivity index (χ1) is 11.3. The fourth-order valence-electron chi connectivity index (χ4n) is 4.44. The molecule has 23 heavy (non-hydrogen) atoms. The van der Waals surface area contributed by atoms with Crippen molar-refractivity contribution in [3.8, 4) is 0 Å². The Morgan fingerprint density at radius 2 is 2.17 bits per heavy atom. The van der Waals surface area contributed by atoms with Crippen molar-refractivity contribution >= 4 is 6.03 Å². The number of ether oxygens (including phenoxy) is 1. The maximum absolute atomic E-state index is 12.6. The van der Waals surface area contributed by atoms with E-state index >= 15 is 0 Å². The third-order valence-electron chi connectivity index (χ3n) is 5.81. The number of hydrogen-bond donors (Lipinski definition) is 1. The van der Waals surface area contributed by atoms with Crippen LogP contribution >= 0.6 is 0 Å². The third kappa shape index (κ3) is 2.71. The largest absolute Gasteiger partial charge is 0.376 e. The van der Waals surface area contributed by atoms with E-state index in [0.717, 1.165) is 32.4 Å². The molecule has 0 radical (unpaired) electrons. The van der Waals surface area contributed by atoms with Gasteiger partial charge in [0.05, 0.1) is 12.1 Å². The standard InChI is InChI=1S/C18H25N3O2/c22-17(20-11-6-14-4-9-19-10-5-14)21-13-18(7-2-8-18)16(21)15-3-1-12-23-15/h4-5,9-10,15-16H,1-3,6-8,11-13H2,(H,20,22)/t15-,16-/m1/s1. The molecule has 1 aromatic heterocycles. The summed E-state index contributed by atoms with van der Waals surface area (Å²) in [5.74, 6) is 0. The number of nitrogens with zero attached hydrogens (tertiary/aromatic N) is 2. The van der Waals surface area contributed by atoms with Gasteiger partial charge in [0.2, 0.25) is 0 Å². The predicted octanol–water partition coefficient (Wildman–Crippen LogP) is 2.37. The number of urea groups is 1. The normalized spacial score (nSPS) is 28.3. The fraction of sp³-hybridized carbons (Fsp3) is 0.667. The molecule has 5 nitrogen and oxygen atoms in total. The van der Waals surface area contributed by atoms with Gasteiger partial charge in [-0.05, 0) is 49.8 Å². The van der Waals surface area contributed by atoms with Crippen LogP contribution in [0, 0.1) is 5.41 Å². The molecule has 3 fully saturated rings. The minimum absolute atomic E-state index is 0.0806. The van der Waals surface area contributed by atoms with Gasteiger partial charge in [0.25, 0.3) is 0 Å². The molecule has 4 rings (SSSR count). The van der Waals surface area contributed by atoms with Crippen molar-refractivity contribution in [2.45, 2.75) is 50.7 Å². The Hall–Kier alpha value is -1.62. The maximum atomic E-state index is 12.6. The number of amides is 2. The molecule has 1 saturated carbocycles. The zero-order chi connectivity index (χ0) is 15.7. The predicted molar refractivity (Wildman–Crippen MR) is 87.1 cm³/mol. The zero-order valence-corrected chi connectivity index (χ0v) is 13.5. The van der Waals surface area contributed by atoms with Crippen LogP contribution in [0.2, 0.25) is 0 Å². The molecule has 5 heteroatoms. The van der Waals surface area contributed by atoms with Crippen LogP contribution in [-0.2, 0) is 11.2 Å². The van der Waals surface area contributed by atoms with Gasteiger partial charge in [-0.25, -0.2) is 4.79 Å². The third-order valence-corrected chi connectivity index (χ3v) is 5.81. The van der Waals surface area contributed by atoms with E-state index in [1.54, 1.807) is 12.4 Å². The van der Waals surface area contributed by atoms with E-state index in [1.165, 1.54) is 24.8 Å². The van der Waals surface area contributed by atoms with Gasteiger partial charge in [0.15, 0.2) is 0 Å². The number of likely N-dealkylation sites (tertiary alicyclic amines) is 1. The lowest BCUT2D eigenvalue weighted by molar-refractivity contribution is -0.147. The number of carbonyl (C=O) groups excluding carboxylic acids is 1. The highest BCUT2D eigenvalue weighted by Gasteiger charge is 2.60. The minimum atomic E-state index is 0.0806. The monoisotopic (exact) mass is 315 g/mol. The van der Waals surface area contributed by atoms with E-state index in [2.05, 4.69) is 10.3 Å². The van der Waals surface area contributed by atoms with Gasteiger partial charge >= 0.3 is 6.03 Å². The smallest absolute Gasteiger partial charge is 0.317 e. The molecule has 1 spiro atoms. The summed E-state index contributed by atoms with van der Waals surface area (Å²) >= 11 is 0. The molecule has 2 amide bonds.